The molecule has 1 saturated heterocycles. The fourth-order valence-corrected chi connectivity index (χ4v) is 3.38. The first-order valence-electron chi connectivity index (χ1n) is 7.12. The Balaban J connectivity index is 2.19. The minimum atomic E-state index is -0.177. The Morgan fingerprint density at radius 1 is 1.62 bits per heavy atom. The van der Waals surface area contributed by atoms with E-state index in [0.717, 1.165) is 24.6 Å². The van der Waals surface area contributed by atoms with Crippen LogP contribution in [0.1, 0.15) is 29.9 Å². The fourth-order valence-electron chi connectivity index (χ4n) is 2.40. The Morgan fingerprint density at radius 3 is 2.86 bits per heavy atom. The smallest absolute Gasteiger partial charge is 0.268 e. The van der Waals surface area contributed by atoms with E-state index in [1.54, 1.807) is 4.90 Å². The fraction of sp³-hybridized carbons (Fsp3) is 0.692. The summed E-state index contributed by atoms with van der Waals surface area (Å²) >= 11 is 1.30. The molecule has 2 heterocycles. The van der Waals surface area contributed by atoms with Crippen molar-refractivity contribution in [3.05, 3.63) is 4.88 Å². The molecule has 0 aromatic carbocycles. The zero-order valence-corrected chi connectivity index (χ0v) is 13.3. The number of rotatable bonds is 5. The number of nitrogen functional groups attached to an aromatic ring is 1. The highest BCUT2D eigenvalue weighted by molar-refractivity contribution is 7.18. The van der Waals surface area contributed by atoms with Crippen molar-refractivity contribution >= 4 is 28.2 Å². The zero-order valence-electron chi connectivity index (χ0n) is 12.5. The van der Waals surface area contributed by atoms with Gasteiger partial charge in [0.15, 0.2) is 5.13 Å². The van der Waals surface area contributed by atoms with E-state index in [1.807, 2.05) is 13.8 Å². The summed E-state index contributed by atoms with van der Waals surface area (Å²) in [4.78, 5) is 21.0. The summed E-state index contributed by atoms with van der Waals surface area (Å²) in [5.41, 5.74) is 11.8. The molecule has 0 aliphatic carbocycles. The quantitative estimate of drug-likeness (QED) is 0.712. The van der Waals surface area contributed by atoms with Gasteiger partial charge in [0.1, 0.15) is 10.7 Å². The van der Waals surface area contributed by atoms with Gasteiger partial charge < -0.3 is 26.4 Å². The number of aliphatic hydroxyl groups is 1. The van der Waals surface area contributed by atoms with Gasteiger partial charge in [-0.2, -0.15) is 0 Å². The van der Waals surface area contributed by atoms with E-state index in [0.29, 0.717) is 4.88 Å². The number of nitrogens with two attached hydrogens (primary N) is 2. The van der Waals surface area contributed by atoms with Crippen LogP contribution >= 0.6 is 11.3 Å². The van der Waals surface area contributed by atoms with Crippen LogP contribution in [0.5, 0.6) is 0 Å². The summed E-state index contributed by atoms with van der Waals surface area (Å²) < 4.78 is 0. The van der Waals surface area contributed by atoms with Gasteiger partial charge in [0.2, 0.25) is 0 Å². The molecule has 7 nitrogen and oxygen atoms in total. The normalized spacial score (nSPS) is 18.5. The number of nitrogens with zero attached hydrogens (tertiary/aromatic N) is 3. The van der Waals surface area contributed by atoms with E-state index in [1.165, 1.54) is 11.3 Å². The Labute approximate surface area is 128 Å². The maximum Gasteiger partial charge on any atom is 0.268 e. The highest BCUT2D eigenvalue weighted by Crippen LogP contribution is 2.31. The number of hydrogen-bond acceptors (Lipinski definition) is 7. The second-order valence-electron chi connectivity index (χ2n) is 5.52. The first kappa shape index (κ1) is 16.0. The average molecular weight is 313 g/mol. The van der Waals surface area contributed by atoms with Gasteiger partial charge in [0, 0.05) is 31.7 Å². The van der Waals surface area contributed by atoms with E-state index in [9.17, 15) is 4.79 Å². The minimum Gasteiger partial charge on any atom is -0.395 e. The molecule has 118 valence electrons. The van der Waals surface area contributed by atoms with Crippen LogP contribution in [0.25, 0.3) is 0 Å². The molecule has 0 bridgehead atoms. The van der Waals surface area contributed by atoms with Crippen LogP contribution in [-0.4, -0.2) is 59.2 Å². The third kappa shape index (κ3) is 3.45. The second kappa shape index (κ2) is 6.59. The van der Waals surface area contributed by atoms with Crippen LogP contribution in [0.3, 0.4) is 0 Å². The molecule has 1 fully saturated rings. The molecule has 0 saturated carbocycles. The largest absolute Gasteiger partial charge is 0.395 e. The molecule has 1 aliphatic heterocycles. The Hall–Kier alpha value is -1.38. The first-order chi connectivity index (χ1) is 9.93. The van der Waals surface area contributed by atoms with Crippen molar-refractivity contribution in [2.45, 2.75) is 32.4 Å². The Morgan fingerprint density at radius 2 is 2.33 bits per heavy atom. The molecule has 5 N–H and O–H groups in total. The molecule has 1 unspecified atom stereocenters. The van der Waals surface area contributed by atoms with E-state index in [2.05, 4.69) is 9.88 Å². The van der Waals surface area contributed by atoms with Crippen molar-refractivity contribution in [3.63, 3.8) is 0 Å². The lowest BCUT2D eigenvalue weighted by Crippen LogP contribution is -2.38. The number of amides is 1. The number of anilines is 2. The van der Waals surface area contributed by atoms with Crippen molar-refractivity contribution in [1.29, 1.82) is 0 Å². The standard InChI is InChI=1S/C13H23N5O2S/c1-8(2)18(5-6-19)12(20)10-11(15)16-13(21-10)17-4-3-9(14)7-17/h8-9,19H,3-7,14-15H2,1-2H3. The zero-order chi connectivity index (χ0) is 15.6. The van der Waals surface area contributed by atoms with Gasteiger partial charge >= 0.3 is 0 Å². The number of hydrogen-bond donors (Lipinski definition) is 3. The molecule has 1 atom stereocenters. The summed E-state index contributed by atoms with van der Waals surface area (Å²) in [6.45, 7) is 5.61. The van der Waals surface area contributed by atoms with Crippen LogP contribution in [0.4, 0.5) is 10.9 Å². The van der Waals surface area contributed by atoms with E-state index in [-0.39, 0.29) is 37.0 Å². The van der Waals surface area contributed by atoms with Gasteiger partial charge in [-0.05, 0) is 20.3 Å². The van der Waals surface area contributed by atoms with Gasteiger partial charge in [0.25, 0.3) is 5.91 Å². The van der Waals surface area contributed by atoms with E-state index < -0.39 is 0 Å². The molecular weight excluding hydrogens is 290 g/mol. The predicted octanol–water partition coefficient (Wildman–Crippen LogP) is 0.106. The van der Waals surface area contributed by atoms with Crippen LogP contribution in [0.2, 0.25) is 0 Å². The van der Waals surface area contributed by atoms with Gasteiger partial charge in [-0.15, -0.1) is 0 Å². The summed E-state index contributed by atoms with van der Waals surface area (Å²) in [5, 5.41) is 9.84. The van der Waals surface area contributed by atoms with Gasteiger partial charge in [-0.3, -0.25) is 4.79 Å². The molecular formula is C13H23N5O2S. The number of carbonyl (C=O) groups is 1. The molecule has 0 radical (unpaired) electrons. The van der Waals surface area contributed by atoms with Crippen molar-refractivity contribution in [3.8, 4) is 0 Å². The molecule has 1 aromatic heterocycles. The monoisotopic (exact) mass is 313 g/mol. The van der Waals surface area contributed by atoms with Crippen molar-refractivity contribution in [1.82, 2.24) is 9.88 Å². The maximum absolute atomic E-state index is 12.6. The van der Waals surface area contributed by atoms with E-state index in [4.69, 9.17) is 16.6 Å². The minimum absolute atomic E-state index is 0.00481. The van der Waals surface area contributed by atoms with Gasteiger partial charge in [-0.25, -0.2) is 4.98 Å². The summed E-state index contributed by atoms with van der Waals surface area (Å²) in [7, 11) is 0. The lowest BCUT2D eigenvalue weighted by Gasteiger charge is -2.25. The molecule has 1 amide bonds. The van der Waals surface area contributed by atoms with Crippen LogP contribution < -0.4 is 16.4 Å². The van der Waals surface area contributed by atoms with Crippen molar-refractivity contribution in [2.75, 3.05) is 36.9 Å². The maximum atomic E-state index is 12.6. The number of carbonyl (C=O) groups excluding carboxylic acids is 1. The highest BCUT2D eigenvalue weighted by Gasteiger charge is 2.27. The number of aliphatic hydroxyl groups excluding tert-OH is 1. The topological polar surface area (TPSA) is 109 Å². The third-order valence-corrected chi connectivity index (χ3v) is 4.68. The molecule has 8 heteroatoms. The molecule has 21 heavy (non-hydrogen) atoms. The molecule has 2 rings (SSSR count). The highest BCUT2D eigenvalue weighted by atomic mass is 32.1. The van der Waals surface area contributed by atoms with Crippen molar-refractivity contribution in [2.24, 2.45) is 5.73 Å². The predicted molar refractivity (Wildman–Crippen MR) is 84.6 cm³/mol. The third-order valence-electron chi connectivity index (χ3n) is 3.56. The first-order valence-corrected chi connectivity index (χ1v) is 7.94. The second-order valence-corrected chi connectivity index (χ2v) is 6.50. The van der Waals surface area contributed by atoms with Crippen molar-refractivity contribution < 1.29 is 9.90 Å². The SMILES string of the molecule is CC(C)N(CCO)C(=O)c1sc(N2CCC(N)C2)nc1N. The average Bonchev–Trinajstić information content (AvgIpc) is 3.01. The Kier molecular flexibility index (Phi) is 5.02. The number of thiazole rings is 1. The lowest BCUT2D eigenvalue weighted by molar-refractivity contribution is 0.0671. The van der Waals surface area contributed by atoms with E-state index >= 15 is 0 Å². The number of aromatic nitrogens is 1. The summed E-state index contributed by atoms with van der Waals surface area (Å²) in [6.07, 6.45) is 0.922. The van der Waals surface area contributed by atoms with Gasteiger partial charge in [-0.1, -0.05) is 11.3 Å². The molecule has 1 aliphatic rings. The van der Waals surface area contributed by atoms with Gasteiger partial charge in [0.05, 0.1) is 6.61 Å². The van der Waals surface area contributed by atoms with Crippen LogP contribution in [0, 0.1) is 0 Å². The van der Waals surface area contributed by atoms with Crippen LogP contribution in [0.15, 0.2) is 0 Å². The molecule has 0 spiro atoms. The summed E-state index contributed by atoms with van der Waals surface area (Å²) in [6, 6.07) is 0.144. The lowest BCUT2D eigenvalue weighted by atomic mass is 10.3. The molecule has 1 aromatic rings. The van der Waals surface area contributed by atoms with Crippen LogP contribution in [-0.2, 0) is 0 Å². The Bertz CT molecular complexity index is 505. The summed E-state index contributed by atoms with van der Waals surface area (Å²) in [5.74, 6) is 0.0767.